The van der Waals surface area contributed by atoms with E-state index >= 15 is 0 Å². The van der Waals surface area contributed by atoms with Gasteiger partial charge >= 0.3 is 12.1 Å². The number of carbonyl (C=O) groups excluding carboxylic acids is 2. The summed E-state index contributed by atoms with van der Waals surface area (Å²) >= 11 is 0. The minimum atomic E-state index is -1.70. The molecule has 220 valence electrons. The first kappa shape index (κ1) is 29.6. The van der Waals surface area contributed by atoms with Crippen molar-refractivity contribution >= 4 is 37.1 Å². The minimum Gasteiger partial charge on any atom is -0.496 e. The zero-order valence-corrected chi connectivity index (χ0v) is 26.5. The molecule has 1 aromatic heterocycles. The third kappa shape index (κ3) is 6.15. The number of carbonyl (C=O) groups is 2. The van der Waals surface area contributed by atoms with E-state index in [4.69, 9.17) is 14.2 Å². The summed E-state index contributed by atoms with van der Waals surface area (Å²) in [4.78, 5) is 25.2. The monoisotopic (exact) mass is 584 g/mol. The fraction of sp³-hybridized carbons (Fsp3) is 0.353. The molecule has 0 unspecified atom stereocenters. The maximum Gasteiger partial charge on any atom is 0.419 e. The summed E-state index contributed by atoms with van der Waals surface area (Å²) in [5.74, 6) is 0.973. The highest BCUT2D eigenvalue weighted by atomic mass is 28.3. The van der Waals surface area contributed by atoms with E-state index in [0.29, 0.717) is 18.0 Å². The van der Waals surface area contributed by atoms with Gasteiger partial charge in [0.1, 0.15) is 20.3 Å². The molecule has 1 aliphatic rings. The molecule has 4 aromatic rings. The van der Waals surface area contributed by atoms with Crippen LogP contribution in [0.1, 0.15) is 60.2 Å². The molecule has 8 heteroatoms. The summed E-state index contributed by atoms with van der Waals surface area (Å²) in [7, 11) is 1.42. The van der Waals surface area contributed by atoms with E-state index < -0.39 is 20.7 Å². The fourth-order valence-electron chi connectivity index (χ4n) is 6.11. The molecule has 0 N–H and O–H groups in total. The molecule has 0 amide bonds. The molecule has 1 fully saturated rings. The molecule has 0 radical (unpaired) electrons. The van der Waals surface area contributed by atoms with Gasteiger partial charge in [0.15, 0.2) is 0 Å². The van der Waals surface area contributed by atoms with Crippen LogP contribution in [-0.2, 0) is 16.0 Å². The maximum absolute atomic E-state index is 13.1. The standard InChI is InChI=1S/C34H40N2O5Si/c1-23-20-30(39-5)29(28-17-19-36(31(23)28)33(38)41-34(2,3)4)21-35-18-16-26(24-10-8-7-9-11-24)22-42(35)27-14-12-25(13-15-27)32(37)40-6/h7-15,17,19-20,26,42H,16,18,21-22H2,1-6H3/t26-,42-/m0/s1. The Balaban J connectivity index is 1.53. The molecule has 0 bridgehead atoms. The Bertz CT molecular complexity index is 1570. The molecule has 0 aliphatic carbocycles. The zero-order chi connectivity index (χ0) is 30.0. The second-order valence-corrected chi connectivity index (χ2v) is 14.9. The van der Waals surface area contributed by atoms with Crippen molar-refractivity contribution in [3.8, 4) is 5.75 Å². The molecule has 0 spiro atoms. The van der Waals surface area contributed by atoms with Gasteiger partial charge in [0.05, 0.1) is 25.3 Å². The van der Waals surface area contributed by atoms with Crippen molar-refractivity contribution in [1.29, 1.82) is 0 Å². The normalized spacial score (nSPS) is 17.7. The van der Waals surface area contributed by atoms with Gasteiger partial charge in [-0.15, -0.1) is 0 Å². The number of esters is 1. The molecule has 0 saturated carbocycles. The number of aryl methyl sites for hydroxylation is 1. The lowest BCUT2D eigenvalue weighted by Crippen LogP contribution is -2.52. The van der Waals surface area contributed by atoms with Crippen molar-refractivity contribution in [2.75, 3.05) is 20.8 Å². The predicted molar refractivity (Wildman–Crippen MR) is 168 cm³/mol. The number of rotatable bonds is 6. The maximum atomic E-state index is 13.1. The van der Waals surface area contributed by atoms with Gasteiger partial charge in [0.2, 0.25) is 0 Å². The summed E-state index contributed by atoms with van der Waals surface area (Å²) in [5.41, 5.74) is 4.22. The van der Waals surface area contributed by atoms with Crippen LogP contribution in [0.5, 0.6) is 5.75 Å². The van der Waals surface area contributed by atoms with E-state index in [9.17, 15) is 9.59 Å². The Morgan fingerprint density at radius 2 is 1.71 bits per heavy atom. The van der Waals surface area contributed by atoms with Crippen molar-refractivity contribution in [3.63, 3.8) is 0 Å². The lowest BCUT2D eigenvalue weighted by atomic mass is 9.97. The van der Waals surface area contributed by atoms with Crippen LogP contribution in [0.15, 0.2) is 72.9 Å². The highest BCUT2D eigenvalue weighted by Gasteiger charge is 2.33. The summed E-state index contributed by atoms with van der Waals surface area (Å²) in [6.45, 7) is 9.27. The van der Waals surface area contributed by atoms with Crippen molar-refractivity contribution in [1.82, 2.24) is 9.13 Å². The van der Waals surface area contributed by atoms with Crippen molar-refractivity contribution in [3.05, 3.63) is 95.2 Å². The molecule has 2 heterocycles. The topological polar surface area (TPSA) is 70.0 Å². The number of aromatic nitrogens is 1. The van der Waals surface area contributed by atoms with Crippen LogP contribution in [0.3, 0.4) is 0 Å². The highest BCUT2D eigenvalue weighted by Crippen LogP contribution is 2.37. The van der Waals surface area contributed by atoms with E-state index in [-0.39, 0.29) is 5.97 Å². The third-order valence-corrected chi connectivity index (χ3v) is 11.6. The van der Waals surface area contributed by atoms with Gasteiger partial charge < -0.3 is 18.8 Å². The van der Waals surface area contributed by atoms with E-state index in [1.807, 2.05) is 52.0 Å². The molecule has 3 aromatic carbocycles. The number of hydrogen-bond acceptors (Lipinski definition) is 6. The zero-order valence-electron chi connectivity index (χ0n) is 25.3. The van der Waals surface area contributed by atoms with E-state index in [2.05, 4.69) is 47.0 Å². The second-order valence-electron chi connectivity index (χ2n) is 12.0. The molecule has 5 rings (SSSR count). The number of ether oxygens (including phenoxy) is 3. The predicted octanol–water partition coefficient (Wildman–Crippen LogP) is 6.15. The first-order valence-electron chi connectivity index (χ1n) is 14.5. The smallest absolute Gasteiger partial charge is 0.419 e. The van der Waals surface area contributed by atoms with Crippen LogP contribution in [-0.4, -0.2) is 56.5 Å². The Labute approximate surface area is 249 Å². The van der Waals surface area contributed by atoms with Gasteiger partial charge in [-0.2, -0.15) is 0 Å². The Hall–Kier alpha value is -3.88. The van der Waals surface area contributed by atoms with Crippen LogP contribution in [0.25, 0.3) is 10.9 Å². The van der Waals surface area contributed by atoms with Crippen LogP contribution >= 0.6 is 0 Å². The lowest BCUT2D eigenvalue weighted by molar-refractivity contribution is 0.0542. The van der Waals surface area contributed by atoms with Crippen LogP contribution in [0, 0.1) is 6.92 Å². The molecule has 1 saturated heterocycles. The summed E-state index contributed by atoms with van der Waals surface area (Å²) < 4.78 is 20.8. The first-order valence-corrected chi connectivity index (χ1v) is 16.4. The number of methoxy groups -OCH3 is 2. The summed E-state index contributed by atoms with van der Waals surface area (Å²) in [5, 5.41) is 2.29. The molecular formula is C34H40N2O5Si. The highest BCUT2D eigenvalue weighted by molar-refractivity contribution is 6.71. The van der Waals surface area contributed by atoms with Crippen molar-refractivity contribution in [2.45, 2.75) is 58.2 Å². The fourth-order valence-corrected chi connectivity index (χ4v) is 9.65. The third-order valence-electron chi connectivity index (χ3n) is 8.10. The van der Waals surface area contributed by atoms with Gasteiger partial charge in [-0.05, 0) is 93.2 Å². The van der Waals surface area contributed by atoms with Crippen molar-refractivity contribution in [2.24, 2.45) is 0 Å². The van der Waals surface area contributed by atoms with Crippen LogP contribution in [0.2, 0.25) is 6.04 Å². The van der Waals surface area contributed by atoms with Gasteiger partial charge in [-0.1, -0.05) is 42.5 Å². The quantitative estimate of drug-likeness (QED) is 0.200. The van der Waals surface area contributed by atoms with Crippen LogP contribution < -0.4 is 9.92 Å². The Morgan fingerprint density at radius 3 is 2.36 bits per heavy atom. The number of hydrogen-bond donors (Lipinski definition) is 0. The number of benzene rings is 3. The molecule has 42 heavy (non-hydrogen) atoms. The van der Waals surface area contributed by atoms with E-state index in [0.717, 1.165) is 46.8 Å². The Kier molecular flexibility index (Phi) is 8.57. The van der Waals surface area contributed by atoms with Gasteiger partial charge in [-0.25, -0.2) is 9.59 Å². The molecule has 7 nitrogen and oxygen atoms in total. The van der Waals surface area contributed by atoms with Gasteiger partial charge in [-0.3, -0.25) is 4.57 Å². The second kappa shape index (κ2) is 12.2. The molecule has 2 atom stereocenters. The Morgan fingerprint density at radius 1 is 1.00 bits per heavy atom. The average molecular weight is 585 g/mol. The summed E-state index contributed by atoms with van der Waals surface area (Å²) in [6, 6.07) is 23.8. The number of fused-ring (bicyclic) bond motifs is 1. The number of nitrogens with zero attached hydrogens (tertiary/aromatic N) is 2. The minimum absolute atomic E-state index is 0.327. The largest absolute Gasteiger partial charge is 0.496 e. The average Bonchev–Trinajstić information content (AvgIpc) is 3.44. The molecule has 1 aliphatic heterocycles. The van der Waals surface area contributed by atoms with Crippen LogP contribution in [0.4, 0.5) is 4.79 Å². The van der Waals surface area contributed by atoms with E-state index in [1.54, 1.807) is 17.9 Å². The molecular weight excluding hydrogens is 544 g/mol. The van der Waals surface area contributed by atoms with E-state index in [1.165, 1.54) is 17.9 Å². The first-order chi connectivity index (χ1) is 20.1. The van der Waals surface area contributed by atoms with Gasteiger partial charge in [0, 0.05) is 23.7 Å². The van der Waals surface area contributed by atoms with Gasteiger partial charge in [0.25, 0.3) is 0 Å². The summed E-state index contributed by atoms with van der Waals surface area (Å²) in [6.07, 6.45) is 2.47. The lowest BCUT2D eigenvalue weighted by Gasteiger charge is -2.39. The van der Waals surface area contributed by atoms with Crippen molar-refractivity contribution < 1.29 is 23.8 Å². The SMILES string of the molecule is COC(=O)c1ccc([Si@@H]2C[C@@H](c3ccccc3)CCN2Cc2c(OC)cc(C)c3c2ccn3C(=O)OC(C)(C)C)cc1.